The van der Waals surface area contributed by atoms with Crippen LogP contribution in [0.3, 0.4) is 0 Å². The van der Waals surface area contributed by atoms with E-state index in [0.717, 1.165) is 25.2 Å². The van der Waals surface area contributed by atoms with Gasteiger partial charge in [0.25, 0.3) is 0 Å². The zero-order chi connectivity index (χ0) is 19.3. The summed E-state index contributed by atoms with van der Waals surface area (Å²) < 4.78 is 5.96. The van der Waals surface area contributed by atoms with Crippen molar-refractivity contribution in [3.05, 3.63) is 0 Å². The van der Waals surface area contributed by atoms with Gasteiger partial charge in [0.05, 0.1) is 27.6 Å². The molecule has 0 rings (SSSR count). The number of esters is 1. The second-order valence-electron chi connectivity index (χ2n) is 8.59. The van der Waals surface area contributed by atoms with Crippen LogP contribution in [0.1, 0.15) is 78.1 Å². The first-order valence-electron chi connectivity index (χ1n) is 9.82. The third-order valence-corrected chi connectivity index (χ3v) is 4.11. The number of aliphatic carboxylic acids is 1. The molecule has 0 saturated heterocycles. The van der Waals surface area contributed by atoms with Crippen LogP contribution >= 0.6 is 0 Å². The van der Waals surface area contributed by atoms with Crippen molar-refractivity contribution in [1.82, 2.24) is 0 Å². The number of unbranched alkanes of at least 4 members (excludes halogenated alkanes) is 6. The first-order valence-corrected chi connectivity index (χ1v) is 9.82. The number of hydrogen-bond acceptors (Lipinski definition) is 3. The lowest BCUT2D eigenvalue weighted by atomic mass is 10.0. The Bertz CT molecular complexity index is 374. The fourth-order valence-corrected chi connectivity index (χ4v) is 2.90. The van der Waals surface area contributed by atoms with Crippen LogP contribution < -0.4 is 0 Å². The van der Waals surface area contributed by atoms with Crippen LogP contribution in [0.15, 0.2) is 0 Å². The number of ether oxygens (including phenoxy) is 1. The molecule has 0 aliphatic carbocycles. The summed E-state index contributed by atoms with van der Waals surface area (Å²) in [6.07, 6.45) is 9.20. The van der Waals surface area contributed by atoms with E-state index in [9.17, 15) is 9.59 Å². The molecule has 0 unspecified atom stereocenters. The molecule has 0 heterocycles. The van der Waals surface area contributed by atoms with Crippen LogP contribution in [0.2, 0.25) is 0 Å². The summed E-state index contributed by atoms with van der Waals surface area (Å²) in [7, 11) is 5.89. The predicted octanol–water partition coefficient (Wildman–Crippen LogP) is 4.25. The SMILES string of the molecule is CC(C)CCCCCCCCCC(=O)O[C@H](CC(=O)O)C[N+](C)(C)C. The summed E-state index contributed by atoms with van der Waals surface area (Å²) in [5.74, 6) is -0.395. The Morgan fingerprint density at radius 3 is 1.92 bits per heavy atom. The Hall–Kier alpha value is -1.10. The van der Waals surface area contributed by atoms with Crippen molar-refractivity contribution in [2.24, 2.45) is 5.92 Å². The Balaban J connectivity index is 3.80. The third-order valence-electron chi connectivity index (χ3n) is 4.11. The van der Waals surface area contributed by atoms with E-state index in [-0.39, 0.29) is 12.4 Å². The van der Waals surface area contributed by atoms with E-state index in [1.807, 2.05) is 21.1 Å². The van der Waals surface area contributed by atoms with Gasteiger partial charge in [-0.3, -0.25) is 9.59 Å². The van der Waals surface area contributed by atoms with Gasteiger partial charge in [-0.15, -0.1) is 0 Å². The van der Waals surface area contributed by atoms with E-state index in [0.29, 0.717) is 17.4 Å². The van der Waals surface area contributed by atoms with Crippen LogP contribution in [-0.2, 0) is 14.3 Å². The minimum absolute atomic E-state index is 0.127. The first-order chi connectivity index (χ1) is 11.6. The number of nitrogens with zero attached hydrogens (tertiary/aromatic N) is 1. The number of quaternary nitrogens is 1. The van der Waals surface area contributed by atoms with Crippen LogP contribution in [0.25, 0.3) is 0 Å². The highest BCUT2D eigenvalue weighted by atomic mass is 16.5. The van der Waals surface area contributed by atoms with E-state index < -0.39 is 12.1 Å². The Morgan fingerprint density at radius 2 is 1.44 bits per heavy atom. The Labute approximate surface area is 154 Å². The highest BCUT2D eigenvalue weighted by Gasteiger charge is 2.24. The van der Waals surface area contributed by atoms with Gasteiger partial charge in [0, 0.05) is 6.42 Å². The van der Waals surface area contributed by atoms with Crippen molar-refractivity contribution in [2.45, 2.75) is 84.2 Å². The smallest absolute Gasteiger partial charge is 0.307 e. The van der Waals surface area contributed by atoms with Crippen LogP contribution in [0.5, 0.6) is 0 Å². The molecule has 0 aromatic carbocycles. The number of carboxylic acids is 1. The van der Waals surface area contributed by atoms with Gasteiger partial charge in [-0.25, -0.2) is 0 Å². The van der Waals surface area contributed by atoms with Crippen molar-refractivity contribution in [3.63, 3.8) is 0 Å². The zero-order valence-corrected chi connectivity index (χ0v) is 17.1. The average Bonchev–Trinajstić information content (AvgIpc) is 2.42. The van der Waals surface area contributed by atoms with Crippen LogP contribution in [-0.4, -0.2) is 55.3 Å². The lowest BCUT2D eigenvalue weighted by Crippen LogP contribution is -2.43. The molecule has 0 spiro atoms. The van der Waals surface area contributed by atoms with Crippen molar-refractivity contribution in [2.75, 3.05) is 27.7 Å². The standard InChI is InChI=1S/C20H39NO4/c1-17(2)13-11-9-7-6-8-10-12-14-20(24)25-18(15-19(22)23)16-21(3,4)5/h17-18H,6-16H2,1-5H3/p+1/t18-/m1/s1. The maximum Gasteiger partial charge on any atom is 0.307 e. The van der Waals surface area contributed by atoms with Crippen molar-refractivity contribution >= 4 is 11.9 Å². The van der Waals surface area contributed by atoms with Crippen LogP contribution in [0, 0.1) is 5.92 Å². The fourth-order valence-electron chi connectivity index (χ4n) is 2.90. The number of hydrogen-bond donors (Lipinski definition) is 1. The number of carbonyl (C=O) groups is 2. The zero-order valence-electron chi connectivity index (χ0n) is 17.1. The molecule has 5 nitrogen and oxygen atoms in total. The Morgan fingerprint density at radius 1 is 0.920 bits per heavy atom. The van der Waals surface area contributed by atoms with Crippen molar-refractivity contribution < 1.29 is 23.9 Å². The molecule has 0 aromatic rings. The molecular formula is C20H40NO4+. The van der Waals surface area contributed by atoms with Gasteiger partial charge in [0.15, 0.2) is 6.10 Å². The lowest BCUT2D eigenvalue weighted by Gasteiger charge is -2.28. The van der Waals surface area contributed by atoms with Gasteiger partial charge in [-0.1, -0.05) is 58.8 Å². The molecule has 0 bridgehead atoms. The third kappa shape index (κ3) is 17.5. The molecule has 25 heavy (non-hydrogen) atoms. The molecule has 0 radical (unpaired) electrons. The van der Waals surface area contributed by atoms with Crippen molar-refractivity contribution in [1.29, 1.82) is 0 Å². The first kappa shape index (κ1) is 23.9. The lowest BCUT2D eigenvalue weighted by molar-refractivity contribution is -0.873. The molecule has 148 valence electrons. The minimum atomic E-state index is -0.927. The summed E-state index contributed by atoms with van der Waals surface area (Å²) in [5, 5.41) is 8.96. The molecule has 0 aliphatic rings. The molecule has 0 amide bonds. The molecule has 0 fully saturated rings. The predicted molar refractivity (Wildman–Crippen MR) is 101 cm³/mol. The van der Waals surface area contributed by atoms with Gasteiger partial charge in [0.2, 0.25) is 0 Å². The monoisotopic (exact) mass is 358 g/mol. The van der Waals surface area contributed by atoms with Gasteiger partial charge in [-0.2, -0.15) is 0 Å². The van der Waals surface area contributed by atoms with E-state index in [2.05, 4.69) is 13.8 Å². The average molecular weight is 359 g/mol. The molecule has 5 heteroatoms. The van der Waals surface area contributed by atoms with Gasteiger partial charge < -0.3 is 14.3 Å². The highest BCUT2D eigenvalue weighted by molar-refractivity contribution is 5.71. The molecule has 1 atom stereocenters. The topological polar surface area (TPSA) is 63.6 Å². The number of carboxylic acid groups (broad SMARTS) is 1. The number of likely N-dealkylation sites (N-methyl/N-ethyl adjacent to an activating group) is 1. The van der Waals surface area contributed by atoms with E-state index in [1.54, 1.807) is 0 Å². The second-order valence-corrected chi connectivity index (χ2v) is 8.59. The highest BCUT2D eigenvalue weighted by Crippen LogP contribution is 2.13. The molecule has 1 N–H and O–H groups in total. The quantitative estimate of drug-likeness (QED) is 0.270. The Kier molecular flexibility index (Phi) is 12.6. The summed E-state index contributed by atoms with van der Waals surface area (Å²) in [6, 6.07) is 0. The number of carbonyl (C=O) groups excluding carboxylic acids is 1. The normalized spacial score (nSPS) is 13.0. The van der Waals surface area contributed by atoms with Crippen molar-refractivity contribution in [3.8, 4) is 0 Å². The maximum atomic E-state index is 11.9. The van der Waals surface area contributed by atoms with E-state index in [4.69, 9.17) is 9.84 Å². The molecule has 0 aromatic heterocycles. The maximum absolute atomic E-state index is 11.9. The summed E-state index contributed by atoms with van der Waals surface area (Å²) in [5.41, 5.74) is 0. The summed E-state index contributed by atoms with van der Waals surface area (Å²) in [6.45, 7) is 5.04. The molecule has 0 saturated carbocycles. The second kappa shape index (κ2) is 13.2. The number of rotatable bonds is 15. The van der Waals surface area contributed by atoms with Gasteiger partial charge in [0.1, 0.15) is 6.54 Å². The molecular weight excluding hydrogens is 318 g/mol. The summed E-state index contributed by atoms with van der Waals surface area (Å²) >= 11 is 0. The fraction of sp³-hybridized carbons (Fsp3) is 0.900. The largest absolute Gasteiger partial charge is 0.481 e. The van der Waals surface area contributed by atoms with E-state index in [1.165, 1.54) is 32.1 Å². The minimum Gasteiger partial charge on any atom is -0.481 e. The van der Waals surface area contributed by atoms with E-state index >= 15 is 0 Å². The molecule has 0 aliphatic heterocycles. The van der Waals surface area contributed by atoms with Gasteiger partial charge >= 0.3 is 11.9 Å². The van der Waals surface area contributed by atoms with Gasteiger partial charge in [-0.05, 0) is 12.3 Å². The summed E-state index contributed by atoms with van der Waals surface area (Å²) in [4.78, 5) is 22.9. The van der Waals surface area contributed by atoms with Crippen LogP contribution in [0.4, 0.5) is 0 Å².